The summed E-state index contributed by atoms with van der Waals surface area (Å²) in [5, 5.41) is 4.59. The average Bonchev–Trinajstić information content (AvgIpc) is 2.85. The summed E-state index contributed by atoms with van der Waals surface area (Å²) in [7, 11) is 1.96. The van der Waals surface area contributed by atoms with Crippen LogP contribution in [-0.2, 0) is 11.2 Å². The Morgan fingerprint density at radius 3 is 2.94 bits per heavy atom. The van der Waals surface area contributed by atoms with E-state index < -0.39 is 0 Å². The van der Waals surface area contributed by atoms with Gasteiger partial charge in [-0.3, -0.25) is 0 Å². The normalized spacial score (nSPS) is 21.7. The van der Waals surface area contributed by atoms with E-state index in [9.17, 15) is 0 Å². The Bertz CT molecular complexity index is 378. The van der Waals surface area contributed by atoms with Gasteiger partial charge in [-0.05, 0) is 37.9 Å². The van der Waals surface area contributed by atoms with E-state index in [1.54, 1.807) is 0 Å². The number of hydrogen-bond donors (Lipinski definition) is 1. The molecule has 0 radical (unpaired) electrons. The van der Waals surface area contributed by atoms with E-state index in [1.165, 1.54) is 0 Å². The molecule has 0 bridgehead atoms. The van der Waals surface area contributed by atoms with Crippen LogP contribution >= 0.6 is 23.2 Å². The highest BCUT2D eigenvalue weighted by atomic mass is 35.5. The molecule has 0 spiro atoms. The zero-order chi connectivity index (χ0) is 12.3. The predicted octanol–water partition coefficient (Wildman–Crippen LogP) is 3.30. The van der Waals surface area contributed by atoms with Gasteiger partial charge < -0.3 is 10.1 Å². The summed E-state index contributed by atoms with van der Waals surface area (Å²) < 4.78 is 5.71. The molecule has 0 amide bonds. The lowest BCUT2D eigenvalue weighted by atomic mass is 9.99. The Morgan fingerprint density at radius 1 is 1.47 bits per heavy atom. The summed E-state index contributed by atoms with van der Waals surface area (Å²) in [4.78, 5) is 0. The van der Waals surface area contributed by atoms with Crippen LogP contribution in [-0.4, -0.2) is 25.8 Å². The first kappa shape index (κ1) is 13.2. The van der Waals surface area contributed by atoms with E-state index >= 15 is 0 Å². The van der Waals surface area contributed by atoms with Crippen molar-refractivity contribution in [3.8, 4) is 0 Å². The smallest absolute Gasteiger partial charge is 0.0732 e. The highest BCUT2D eigenvalue weighted by molar-refractivity contribution is 6.42. The quantitative estimate of drug-likeness (QED) is 0.909. The fourth-order valence-electron chi connectivity index (χ4n) is 2.28. The number of nitrogens with one attached hydrogen (secondary N) is 1. The first-order valence-corrected chi connectivity index (χ1v) is 6.69. The number of benzene rings is 1. The molecule has 2 nitrogen and oxygen atoms in total. The second-order valence-electron chi connectivity index (χ2n) is 4.36. The van der Waals surface area contributed by atoms with Crippen LogP contribution < -0.4 is 5.32 Å². The fraction of sp³-hybridized carbons (Fsp3) is 0.538. The molecular formula is C13H17Cl2NO. The number of likely N-dealkylation sites (N-methyl/N-ethyl adjacent to an activating group) is 1. The van der Waals surface area contributed by atoms with Gasteiger partial charge in [0.15, 0.2) is 0 Å². The molecule has 17 heavy (non-hydrogen) atoms. The molecule has 1 aromatic carbocycles. The summed E-state index contributed by atoms with van der Waals surface area (Å²) in [5.41, 5.74) is 1.08. The molecule has 1 N–H and O–H groups in total. The zero-order valence-electron chi connectivity index (χ0n) is 9.88. The second kappa shape index (κ2) is 6.05. The van der Waals surface area contributed by atoms with E-state index in [-0.39, 0.29) is 6.10 Å². The standard InChI is InChI=1S/C13H17Cl2NO/c1-16-11(12-6-3-7-17-12)8-9-4-2-5-10(14)13(9)15/h2,4-5,11-12,16H,3,6-8H2,1H3. The Labute approximate surface area is 112 Å². The zero-order valence-corrected chi connectivity index (χ0v) is 11.4. The number of rotatable bonds is 4. The summed E-state index contributed by atoms with van der Waals surface area (Å²) >= 11 is 12.2. The maximum absolute atomic E-state index is 6.20. The molecule has 1 aliphatic rings. The Balaban J connectivity index is 2.09. The van der Waals surface area contributed by atoms with Crippen molar-refractivity contribution < 1.29 is 4.74 Å². The van der Waals surface area contributed by atoms with E-state index in [2.05, 4.69) is 5.32 Å². The molecule has 4 heteroatoms. The summed E-state index contributed by atoms with van der Waals surface area (Å²) in [6.45, 7) is 0.867. The molecular weight excluding hydrogens is 257 g/mol. The molecule has 0 aliphatic carbocycles. The van der Waals surface area contributed by atoms with Crippen molar-refractivity contribution in [1.82, 2.24) is 5.32 Å². The maximum Gasteiger partial charge on any atom is 0.0732 e. The lowest BCUT2D eigenvalue weighted by Crippen LogP contribution is -2.39. The summed E-state index contributed by atoms with van der Waals surface area (Å²) in [5.74, 6) is 0. The monoisotopic (exact) mass is 273 g/mol. The van der Waals surface area contributed by atoms with E-state index in [0.29, 0.717) is 16.1 Å². The molecule has 1 heterocycles. The van der Waals surface area contributed by atoms with Crippen LogP contribution in [0.25, 0.3) is 0 Å². The molecule has 1 aromatic rings. The minimum atomic E-state index is 0.287. The third-order valence-corrected chi connectivity index (χ3v) is 4.11. The van der Waals surface area contributed by atoms with Gasteiger partial charge in [-0.2, -0.15) is 0 Å². The van der Waals surface area contributed by atoms with Crippen LogP contribution in [0, 0.1) is 0 Å². The number of hydrogen-bond acceptors (Lipinski definition) is 2. The van der Waals surface area contributed by atoms with E-state index in [4.69, 9.17) is 27.9 Å². The number of ether oxygens (including phenoxy) is 1. The van der Waals surface area contributed by atoms with Crippen LogP contribution in [0.1, 0.15) is 18.4 Å². The third-order valence-electron chi connectivity index (χ3n) is 3.26. The van der Waals surface area contributed by atoms with Crippen molar-refractivity contribution in [3.63, 3.8) is 0 Å². The van der Waals surface area contributed by atoms with Gasteiger partial charge in [-0.15, -0.1) is 0 Å². The molecule has 2 unspecified atom stereocenters. The summed E-state index contributed by atoms with van der Waals surface area (Å²) in [6, 6.07) is 6.07. The second-order valence-corrected chi connectivity index (χ2v) is 5.15. The van der Waals surface area contributed by atoms with Crippen molar-refractivity contribution in [1.29, 1.82) is 0 Å². The van der Waals surface area contributed by atoms with Crippen LogP contribution in [0.15, 0.2) is 18.2 Å². The lowest BCUT2D eigenvalue weighted by Gasteiger charge is -2.23. The summed E-state index contributed by atoms with van der Waals surface area (Å²) in [6.07, 6.45) is 3.39. The molecule has 2 atom stereocenters. The maximum atomic E-state index is 6.20. The van der Waals surface area contributed by atoms with E-state index in [1.807, 2.05) is 25.2 Å². The molecule has 2 rings (SSSR count). The first-order valence-electron chi connectivity index (χ1n) is 5.94. The van der Waals surface area contributed by atoms with Gasteiger partial charge in [0, 0.05) is 12.6 Å². The van der Waals surface area contributed by atoms with Crippen molar-refractivity contribution in [2.24, 2.45) is 0 Å². The third kappa shape index (κ3) is 3.14. The fourth-order valence-corrected chi connectivity index (χ4v) is 2.68. The molecule has 0 aromatic heterocycles. The molecule has 94 valence electrons. The van der Waals surface area contributed by atoms with Gasteiger partial charge in [0.1, 0.15) is 0 Å². The topological polar surface area (TPSA) is 21.3 Å². The largest absolute Gasteiger partial charge is 0.377 e. The average molecular weight is 274 g/mol. The highest BCUT2D eigenvalue weighted by Crippen LogP contribution is 2.28. The highest BCUT2D eigenvalue weighted by Gasteiger charge is 2.25. The Hall–Kier alpha value is -0.280. The van der Waals surface area contributed by atoms with Crippen molar-refractivity contribution in [2.45, 2.75) is 31.4 Å². The van der Waals surface area contributed by atoms with Gasteiger partial charge in [0.05, 0.1) is 16.1 Å². The number of halogens is 2. The first-order chi connectivity index (χ1) is 8.22. The van der Waals surface area contributed by atoms with Crippen molar-refractivity contribution in [2.75, 3.05) is 13.7 Å². The van der Waals surface area contributed by atoms with Crippen molar-refractivity contribution >= 4 is 23.2 Å². The minimum absolute atomic E-state index is 0.287. The predicted molar refractivity (Wildman–Crippen MR) is 72.0 cm³/mol. The van der Waals surface area contributed by atoms with Crippen LogP contribution in [0.5, 0.6) is 0 Å². The molecule has 0 saturated carbocycles. The minimum Gasteiger partial charge on any atom is -0.377 e. The van der Waals surface area contributed by atoms with Crippen LogP contribution in [0.4, 0.5) is 0 Å². The lowest BCUT2D eigenvalue weighted by molar-refractivity contribution is 0.0808. The van der Waals surface area contributed by atoms with Crippen LogP contribution in [0.3, 0.4) is 0 Å². The van der Waals surface area contributed by atoms with Gasteiger partial charge in [-0.25, -0.2) is 0 Å². The van der Waals surface area contributed by atoms with Gasteiger partial charge >= 0.3 is 0 Å². The Morgan fingerprint density at radius 2 is 2.29 bits per heavy atom. The Kier molecular flexibility index (Phi) is 4.69. The van der Waals surface area contributed by atoms with Crippen LogP contribution in [0.2, 0.25) is 10.0 Å². The molecule has 1 saturated heterocycles. The SMILES string of the molecule is CNC(Cc1cccc(Cl)c1Cl)C1CCCO1. The van der Waals surface area contributed by atoms with Gasteiger partial charge in [0.2, 0.25) is 0 Å². The van der Waals surface area contributed by atoms with Gasteiger partial charge in [0.25, 0.3) is 0 Å². The van der Waals surface area contributed by atoms with Gasteiger partial charge in [-0.1, -0.05) is 35.3 Å². The molecule has 1 aliphatic heterocycles. The van der Waals surface area contributed by atoms with Crippen molar-refractivity contribution in [3.05, 3.63) is 33.8 Å². The molecule has 1 fully saturated rings. The van der Waals surface area contributed by atoms with E-state index in [0.717, 1.165) is 31.4 Å².